The molecule has 1 aliphatic heterocycles. The molecular weight excluding hydrogens is 312 g/mol. The fourth-order valence-corrected chi connectivity index (χ4v) is 6.13. The lowest BCUT2D eigenvalue weighted by atomic mass is 9.52. The molecular formula is C22H32O3. The number of carbonyl (C=O) groups is 1. The summed E-state index contributed by atoms with van der Waals surface area (Å²) in [7, 11) is 0. The second kappa shape index (κ2) is 5.29. The zero-order valence-electron chi connectivity index (χ0n) is 16.5. The Labute approximate surface area is 151 Å². The van der Waals surface area contributed by atoms with Crippen LogP contribution in [0.15, 0.2) is 23.3 Å². The maximum absolute atomic E-state index is 13.7. The zero-order chi connectivity index (χ0) is 18.2. The third-order valence-corrected chi connectivity index (χ3v) is 7.44. The summed E-state index contributed by atoms with van der Waals surface area (Å²) in [5, 5.41) is 0. The topological polar surface area (TPSA) is 35.5 Å². The number of carbonyl (C=O) groups excluding carboxylic acids is 1. The molecule has 0 aromatic rings. The maximum atomic E-state index is 13.7. The van der Waals surface area contributed by atoms with E-state index in [1.165, 1.54) is 11.1 Å². The standard InChI is InChI=1S/C22H32O3/c1-13-10-11-14-17(23)15-9-7-8-12-22(15,6)19-18(16(13)20(14,2)3)24-21(4,5)25-19/h7-8,14-15,18-19H,9-12H2,1-6H3/t14-,15+,18-,19+,22-/m1/s1. The second-order valence-electron chi connectivity index (χ2n) is 9.86. The van der Waals surface area contributed by atoms with Gasteiger partial charge in [0.15, 0.2) is 5.79 Å². The molecule has 0 unspecified atom stereocenters. The number of ketones is 1. The summed E-state index contributed by atoms with van der Waals surface area (Å²) in [4.78, 5) is 13.7. The van der Waals surface area contributed by atoms with Crippen molar-refractivity contribution < 1.29 is 14.3 Å². The van der Waals surface area contributed by atoms with Crippen LogP contribution in [0, 0.1) is 22.7 Å². The quantitative estimate of drug-likeness (QED) is 0.591. The number of Topliss-reactive ketones (excluding diaryl/α,β-unsaturated/α-hetero) is 1. The molecule has 3 aliphatic carbocycles. The van der Waals surface area contributed by atoms with Crippen molar-refractivity contribution in [2.45, 2.75) is 85.2 Å². The summed E-state index contributed by atoms with van der Waals surface area (Å²) in [6, 6.07) is 0. The molecule has 0 spiro atoms. The molecule has 0 aromatic carbocycles. The van der Waals surface area contributed by atoms with Crippen molar-refractivity contribution in [3.63, 3.8) is 0 Å². The summed E-state index contributed by atoms with van der Waals surface area (Å²) >= 11 is 0. The van der Waals surface area contributed by atoms with Gasteiger partial charge in [0.1, 0.15) is 11.9 Å². The van der Waals surface area contributed by atoms with Gasteiger partial charge >= 0.3 is 0 Å². The van der Waals surface area contributed by atoms with Crippen LogP contribution in [0.2, 0.25) is 0 Å². The van der Waals surface area contributed by atoms with Gasteiger partial charge < -0.3 is 9.47 Å². The molecule has 0 amide bonds. The van der Waals surface area contributed by atoms with E-state index >= 15 is 0 Å². The maximum Gasteiger partial charge on any atom is 0.164 e. The average Bonchev–Trinajstić information content (AvgIpc) is 2.82. The molecule has 138 valence electrons. The van der Waals surface area contributed by atoms with E-state index in [2.05, 4.69) is 39.8 Å². The Morgan fingerprint density at radius 1 is 1.04 bits per heavy atom. The van der Waals surface area contributed by atoms with Crippen molar-refractivity contribution in [3.05, 3.63) is 23.3 Å². The van der Waals surface area contributed by atoms with Crippen molar-refractivity contribution in [1.82, 2.24) is 0 Å². The van der Waals surface area contributed by atoms with E-state index in [1.54, 1.807) is 0 Å². The summed E-state index contributed by atoms with van der Waals surface area (Å²) in [6.45, 7) is 13.0. The summed E-state index contributed by atoms with van der Waals surface area (Å²) < 4.78 is 13.0. The van der Waals surface area contributed by atoms with Gasteiger partial charge in [-0.15, -0.1) is 0 Å². The molecule has 5 atom stereocenters. The molecule has 4 rings (SSSR count). The van der Waals surface area contributed by atoms with Crippen LogP contribution >= 0.6 is 0 Å². The number of fused-ring (bicyclic) bond motifs is 6. The van der Waals surface area contributed by atoms with Gasteiger partial charge in [0.25, 0.3) is 0 Å². The van der Waals surface area contributed by atoms with Crippen LogP contribution in [-0.2, 0) is 14.3 Å². The smallest absolute Gasteiger partial charge is 0.164 e. The van der Waals surface area contributed by atoms with E-state index in [1.807, 2.05) is 13.8 Å². The zero-order valence-corrected chi connectivity index (χ0v) is 16.5. The molecule has 4 aliphatic rings. The highest BCUT2D eigenvalue weighted by molar-refractivity contribution is 5.86. The molecule has 0 aromatic heterocycles. The van der Waals surface area contributed by atoms with Gasteiger partial charge in [0.05, 0.1) is 6.10 Å². The largest absolute Gasteiger partial charge is 0.344 e. The van der Waals surface area contributed by atoms with Crippen LogP contribution in [-0.4, -0.2) is 23.8 Å². The molecule has 1 heterocycles. The van der Waals surface area contributed by atoms with E-state index in [9.17, 15) is 4.79 Å². The number of hydrogen-bond acceptors (Lipinski definition) is 3. The van der Waals surface area contributed by atoms with E-state index in [0.29, 0.717) is 5.78 Å². The highest BCUT2D eigenvalue weighted by Crippen LogP contribution is 2.59. The van der Waals surface area contributed by atoms with Crippen LogP contribution in [0.3, 0.4) is 0 Å². The van der Waals surface area contributed by atoms with Gasteiger partial charge in [0, 0.05) is 17.3 Å². The molecule has 1 saturated heterocycles. The molecule has 3 heteroatoms. The van der Waals surface area contributed by atoms with E-state index in [-0.39, 0.29) is 34.9 Å². The van der Waals surface area contributed by atoms with Gasteiger partial charge in [-0.3, -0.25) is 4.79 Å². The normalized spacial score (nSPS) is 44.8. The molecule has 0 radical (unpaired) electrons. The minimum absolute atomic E-state index is 0.0340. The predicted molar refractivity (Wildman–Crippen MR) is 98.0 cm³/mol. The molecule has 1 saturated carbocycles. The molecule has 2 bridgehead atoms. The average molecular weight is 344 g/mol. The van der Waals surface area contributed by atoms with Crippen LogP contribution < -0.4 is 0 Å². The van der Waals surface area contributed by atoms with Gasteiger partial charge in [-0.2, -0.15) is 0 Å². The number of ether oxygens (including phenoxy) is 2. The highest BCUT2D eigenvalue weighted by Gasteiger charge is 2.62. The van der Waals surface area contributed by atoms with E-state index in [4.69, 9.17) is 9.47 Å². The monoisotopic (exact) mass is 344 g/mol. The van der Waals surface area contributed by atoms with Crippen molar-refractivity contribution in [2.75, 3.05) is 0 Å². The van der Waals surface area contributed by atoms with E-state index in [0.717, 1.165) is 25.7 Å². The number of hydrogen-bond donors (Lipinski definition) is 0. The summed E-state index contributed by atoms with van der Waals surface area (Å²) in [5.41, 5.74) is 2.39. The van der Waals surface area contributed by atoms with Crippen LogP contribution in [0.5, 0.6) is 0 Å². The summed E-state index contributed by atoms with van der Waals surface area (Å²) in [5.74, 6) is -0.0241. The fraction of sp³-hybridized carbons (Fsp3) is 0.773. The highest BCUT2D eigenvalue weighted by atomic mass is 16.8. The molecule has 3 nitrogen and oxygen atoms in total. The fourth-order valence-electron chi connectivity index (χ4n) is 6.13. The third-order valence-electron chi connectivity index (χ3n) is 7.44. The Balaban J connectivity index is 1.94. The van der Waals surface area contributed by atoms with Gasteiger partial charge in [-0.25, -0.2) is 0 Å². The third kappa shape index (κ3) is 2.35. The first-order valence-corrected chi connectivity index (χ1v) is 9.82. The second-order valence-corrected chi connectivity index (χ2v) is 9.86. The van der Waals surface area contributed by atoms with Crippen molar-refractivity contribution in [3.8, 4) is 0 Å². The SMILES string of the molecule is CC1=C2[C@H]3OC(C)(C)O[C@@H]3[C@]3(C)CC=CC[C@H]3C(=O)[C@@H](CC1)C2(C)C. The lowest BCUT2D eigenvalue weighted by molar-refractivity contribution is -0.164. The Kier molecular flexibility index (Phi) is 3.70. The van der Waals surface area contributed by atoms with E-state index < -0.39 is 5.79 Å². The number of allylic oxidation sites excluding steroid dienone is 3. The van der Waals surface area contributed by atoms with Crippen molar-refractivity contribution in [2.24, 2.45) is 22.7 Å². The minimum Gasteiger partial charge on any atom is -0.344 e. The van der Waals surface area contributed by atoms with Gasteiger partial charge in [-0.05, 0) is 57.4 Å². The number of rotatable bonds is 0. The lowest BCUT2D eigenvalue weighted by Crippen LogP contribution is -2.56. The van der Waals surface area contributed by atoms with Crippen molar-refractivity contribution >= 4 is 5.78 Å². The van der Waals surface area contributed by atoms with Crippen LogP contribution in [0.1, 0.15) is 67.2 Å². The van der Waals surface area contributed by atoms with Crippen LogP contribution in [0.25, 0.3) is 0 Å². The van der Waals surface area contributed by atoms with Crippen LogP contribution in [0.4, 0.5) is 0 Å². The molecule has 25 heavy (non-hydrogen) atoms. The lowest BCUT2D eigenvalue weighted by Gasteiger charge is -2.53. The molecule has 0 N–H and O–H groups in total. The van der Waals surface area contributed by atoms with Crippen molar-refractivity contribution in [1.29, 1.82) is 0 Å². The first-order chi connectivity index (χ1) is 11.6. The Hall–Kier alpha value is -0.930. The first kappa shape index (κ1) is 17.5. The Morgan fingerprint density at radius 3 is 2.48 bits per heavy atom. The molecule has 2 fully saturated rings. The first-order valence-electron chi connectivity index (χ1n) is 9.82. The predicted octanol–water partition coefficient (Wildman–Crippen LogP) is 4.81. The Morgan fingerprint density at radius 2 is 1.76 bits per heavy atom. The van der Waals surface area contributed by atoms with Gasteiger partial charge in [-0.1, -0.05) is 38.5 Å². The summed E-state index contributed by atoms with van der Waals surface area (Å²) in [6.07, 6.45) is 8.03. The van der Waals surface area contributed by atoms with Gasteiger partial charge in [0.2, 0.25) is 0 Å². The minimum atomic E-state index is -0.603. The Bertz CT molecular complexity index is 669.